The zero-order chi connectivity index (χ0) is 14.0. The lowest BCUT2D eigenvalue weighted by Gasteiger charge is -2.32. The van der Waals surface area contributed by atoms with Crippen molar-refractivity contribution in [3.8, 4) is 0 Å². The molecule has 2 heteroatoms. The zero-order valence-corrected chi connectivity index (χ0v) is 13.5. The Kier molecular flexibility index (Phi) is 4.87. The third-order valence-electron chi connectivity index (χ3n) is 4.15. The number of hydrogen-bond acceptors (Lipinski definition) is 0. The van der Waals surface area contributed by atoms with Gasteiger partial charge >= 0.3 is 0 Å². The van der Waals surface area contributed by atoms with Crippen LogP contribution in [0.3, 0.4) is 0 Å². The van der Waals surface area contributed by atoms with E-state index in [1.807, 2.05) is 0 Å². The van der Waals surface area contributed by atoms with Crippen molar-refractivity contribution in [1.82, 2.24) is 0 Å². The maximum Gasteiger partial charge on any atom is 0.0975 e. The van der Waals surface area contributed by atoms with Gasteiger partial charge in [-0.3, -0.25) is 0 Å². The summed E-state index contributed by atoms with van der Waals surface area (Å²) in [6.45, 7) is 2.36. The van der Waals surface area contributed by atoms with E-state index in [4.69, 9.17) is 0 Å². The summed E-state index contributed by atoms with van der Waals surface area (Å²) in [5.41, 5.74) is 2.78. The number of quaternary nitrogens is 1. The lowest BCUT2D eigenvalue weighted by molar-refractivity contribution is -0.885. The van der Waals surface area contributed by atoms with E-state index in [1.54, 1.807) is 0 Å². The molecule has 0 bridgehead atoms. The molecule has 1 heterocycles. The molecule has 0 aromatic heterocycles. The maximum absolute atomic E-state index is 2.38. The van der Waals surface area contributed by atoms with Gasteiger partial charge in [-0.15, -0.1) is 0 Å². The molecule has 0 N–H and O–H groups in total. The molecule has 21 heavy (non-hydrogen) atoms. The molecule has 0 unspecified atom stereocenters. The van der Waals surface area contributed by atoms with Gasteiger partial charge in [-0.1, -0.05) is 54.6 Å². The summed E-state index contributed by atoms with van der Waals surface area (Å²) in [5, 5.41) is 2.64. The lowest BCUT2D eigenvalue weighted by atomic mass is 10.0. The van der Waals surface area contributed by atoms with Crippen LogP contribution in [0, 0.1) is 0 Å². The van der Waals surface area contributed by atoms with Gasteiger partial charge in [0.2, 0.25) is 0 Å². The minimum atomic E-state index is 0. The fourth-order valence-corrected chi connectivity index (χ4v) is 2.73. The van der Waals surface area contributed by atoms with Crippen LogP contribution in [0.4, 0.5) is 0 Å². The predicted molar refractivity (Wildman–Crippen MR) is 87.5 cm³/mol. The van der Waals surface area contributed by atoms with Crippen molar-refractivity contribution in [3.05, 3.63) is 65.8 Å². The molecule has 2 aromatic rings. The summed E-state index contributed by atoms with van der Waals surface area (Å²) in [5.74, 6) is 0. The molecule has 0 spiro atoms. The van der Waals surface area contributed by atoms with E-state index in [1.165, 1.54) is 34.9 Å². The maximum atomic E-state index is 2.38. The van der Waals surface area contributed by atoms with E-state index >= 15 is 0 Å². The Bertz CT molecular complexity index is 678. The van der Waals surface area contributed by atoms with Gasteiger partial charge in [0.05, 0.1) is 27.2 Å². The van der Waals surface area contributed by atoms with Gasteiger partial charge in [0.15, 0.2) is 0 Å². The van der Waals surface area contributed by atoms with Gasteiger partial charge in [0.1, 0.15) is 0 Å². The molecule has 0 amide bonds. The number of nitrogens with zero attached hydrogens (tertiary/aromatic N) is 1. The van der Waals surface area contributed by atoms with Gasteiger partial charge < -0.3 is 16.9 Å². The Balaban J connectivity index is 0.00000161. The number of benzene rings is 2. The van der Waals surface area contributed by atoms with Gasteiger partial charge in [0.25, 0.3) is 0 Å². The second-order valence-corrected chi connectivity index (χ2v) is 6.27. The Morgan fingerprint density at radius 1 is 0.952 bits per heavy atom. The van der Waals surface area contributed by atoms with Crippen molar-refractivity contribution in [3.63, 3.8) is 0 Å². The van der Waals surface area contributed by atoms with E-state index in [9.17, 15) is 0 Å². The molecule has 110 valence electrons. The highest BCUT2D eigenvalue weighted by Crippen LogP contribution is 2.21. The predicted octanol–water partition coefficient (Wildman–Crippen LogP) is 1.26. The molecule has 0 aliphatic carbocycles. The lowest BCUT2D eigenvalue weighted by Crippen LogP contribution is -3.00. The third kappa shape index (κ3) is 3.75. The second kappa shape index (κ2) is 6.46. The van der Waals surface area contributed by atoms with Crippen LogP contribution in [-0.2, 0) is 0 Å². The average molecular weight is 300 g/mol. The fourth-order valence-electron chi connectivity index (χ4n) is 2.73. The van der Waals surface area contributed by atoms with Crippen LogP contribution in [0.2, 0.25) is 0 Å². The summed E-state index contributed by atoms with van der Waals surface area (Å²) >= 11 is 0. The zero-order valence-electron chi connectivity index (χ0n) is 12.7. The van der Waals surface area contributed by atoms with E-state index in [-0.39, 0.29) is 12.4 Å². The minimum absolute atomic E-state index is 0. The molecule has 1 aliphatic rings. The van der Waals surface area contributed by atoms with Crippen molar-refractivity contribution in [2.24, 2.45) is 0 Å². The number of rotatable bonds is 2. The third-order valence-corrected chi connectivity index (χ3v) is 4.15. The van der Waals surface area contributed by atoms with E-state index in [0.29, 0.717) is 0 Å². The van der Waals surface area contributed by atoms with Crippen molar-refractivity contribution in [2.45, 2.75) is 6.42 Å². The Morgan fingerprint density at radius 3 is 2.48 bits per heavy atom. The summed E-state index contributed by atoms with van der Waals surface area (Å²) in [7, 11) is 4.59. The first-order valence-electron chi connectivity index (χ1n) is 7.31. The van der Waals surface area contributed by atoms with Crippen molar-refractivity contribution in [1.29, 1.82) is 0 Å². The van der Waals surface area contributed by atoms with Crippen LogP contribution in [-0.4, -0.2) is 31.7 Å². The number of fused-ring (bicyclic) bond motifs is 1. The fraction of sp³-hybridized carbons (Fsp3) is 0.263. The van der Waals surface area contributed by atoms with E-state index in [2.05, 4.69) is 74.8 Å². The molecule has 2 aromatic carbocycles. The molecular weight excluding hydrogens is 278 g/mol. The Morgan fingerprint density at radius 2 is 1.71 bits per heavy atom. The average Bonchev–Trinajstić information content (AvgIpc) is 2.46. The smallest absolute Gasteiger partial charge is 0.0975 e. The summed E-state index contributed by atoms with van der Waals surface area (Å²) in [6, 6.07) is 15.1. The Hall–Kier alpha value is -1.57. The highest BCUT2D eigenvalue weighted by atomic mass is 35.5. The van der Waals surface area contributed by atoms with Crippen LogP contribution in [0.15, 0.2) is 60.2 Å². The highest BCUT2D eigenvalue weighted by molar-refractivity contribution is 5.90. The monoisotopic (exact) mass is 299 g/mol. The quantitative estimate of drug-likeness (QED) is 0.733. The first-order chi connectivity index (χ1) is 9.64. The molecular formula is C19H22ClN. The standard InChI is InChI=1S/C19H22N.ClH/c1-20(2)14-12-16(13-15-20)10-11-18-8-5-7-17-6-3-4-9-19(17)18;/h3-12H,13-15H2,1-2H3;1H/q+1;/p-1/b11-10+;. The minimum Gasteiger partial charge on any atom is -1.00 e. The molecule has 0 saturated heterocycles. The van der Waals surface area contributed by atoms with Crippen LogP contribution in [0.5, 0.6) is 0 Å². The van der Waals surface area contributed by atoms with E-state index < -0.39 is 0 Å². The largest absolute Gasteiger partial charge is 1.00 e. The topological polar surface area (TPSA) is 0 Å². The summed E-state index contributed by atoms with van der Waals surface area (Å²) in [4.78, 5) is 0. The van der Waals surface area contributed by atoms with Crippen molar-refractivity contribution >= 4 is 16.8 Å². The SMILES string of the molecule is C[N+]1(C)CC=C(/C=C/c2cccc3ccccc23)CC1.[Cl-]. The number of likely N-dealkylation sites (N-methyl/N-ethyl adjacent to an activating group) is 1. The first kappa shape index (κ1) is 15.8. The summed E-state index contributed by atoms with van der Waals surface area (Å²) < 4.78 is 1.10. The van der Waals surface area contributed by atoms with Gasteiger partial charge in [0, 0.05) is 6.42 Å². The van der Waals surface area contributed by atoms with Crippen LogP contribution in [0.1, 0.15) is 12.0 Å². The summed E-state index contributed by atoms with van der Waals surface area (Å²) in [6.07, 6.45) is 8.11. The van der Waals surface area contributed by atoms with Gasteiger partial charge in [-0.05, 0) is 28.0 Å². The number of allylic oxidation sites excluding steroid dienone is 1. The second-order valence-electron chi connectivity index (χ2n) is 6.27. The first-order valence-corrected chi connectivity index (χ1v) is 7.31. The Labute approximate surface area is 133 Å². The molecule has 1 nitrogen and oxygen atoms in total. The highest BCUT2D eigenvalue weighted by Gasteiger charge is 2.17. The van der Waals surface area contributed by atoms with Gasteiger partial charge in [-0.25, -0.2) is 0 Å². The molecule has 1 aliphatic heterocycles. The normalized spacial score (nSPS) is 17.5. The number of halogens is 1. The molecule has 0 saturated carbocycles. The van der Waals surface area contributed by atoms with Crippen LogP contribution < -0.4 is 12.4 Å². The number of hydrogen-bond donors (Lipinski definition) is 0. The van der Waals surface area contributed by atoms with E-state index in [0.717, 1.165) is 11.0 Å². The van der Waals surface area contributed by atoms with Crippen LogP contribution in [0.25, 0.3) is 16.8 Å². The molecule has 0 fully saturated rings. The van der Waals surface area contributed by atoms with Gasteiger partial charge in [-0.2, -0.15) is 0 Å². The van der Waals surface area contributed by atoms with Crippen molar-refractivity contribution in [2.75, 3.05) is 27.2 Å². The van der Waals surface area contributed by atoms with Crippen molar-refractivity contribution < 1.29 is 16.9 Å². The molecule has 0 radical (unpaired) electrons. The molecule has 0 atom stereocenters. The molecule has 3 rings (SSSR count). The van der Waals surface area contributed by atoms with Crippen LogP contribution >= 0.6 is 0 Å².